The number of pyridine rings is 1. The minimum atomic E-state index is 0.449. The Hall–Kier alpha value is -0.470. The van der Waals surface area contributed by atoms with Crippen molar-refractivity contribution in [1.82, 2.24) is 4.98 Å². The molecule has 0 aliphatic carbocycles. The third-order valence-electron chi connectivity index (χ3n) is 2.94. The molecular weight excluding hydrogens is 255 g/mol. The Bertz CT molecular complexity index is 355. The lowest BCUT2D eigenvalue weighted by atomic mass is 10.1. The fourth-order valence-electron chi connectivity index (χ4n) is 1.65. The molecule has 0 aliphatic heterocycles. The summed E-state index contributed by atoms with van der Waals surface area (Å²) >= 11 is 12.0. The van der Waals surface area contributed by atoms with Crippen LogP contribution in [0.2, 0.25) is 5.02 Å². The normalized spacial score (nSPS) is 12.5. The van der Waals surface area contributed by atoms with Crippen molar-refractivity contribution >= 4 is 29.0 Å². The number of nitrogens with zero attached hydrogens (tertiary/aromatic N) is 2. The van der Waals surface area contributed by atoms with E-state index in [1.807, 2.05) is 6.07 Å². The van der Waals surface area contributed by atoms with E-state index in [-0.39, 0.29) is 0 Å². The van der Waals surface area contributed by atoms with Gasteiger partial charge < -0.3 is 4.90 Å². The van der Waals surface area contributed by atoms with Crippen LogP contribution in [0.15, 0.2) is 12.3 Å². The number of halogens is 2. The zero-order chi connectivity index (χ0) is 12.8. The third kappa shape index (κ3) is 4.04. The van der Waals surface area contributed by atoms with Crippen LogP contribution in [-0.2, 0) is 5.88 Å². The lowest BCUT2D eigenvalue weighted by Gasteiger charge is -2.26. The van der Waals surface area contributed by atoms with E-state index in [0.717, 1.165) is 30.9 Å². The number of hydrogen-bond donors (Lipinski definition) is 0. The molecule has 0 amide bonds. The van der Waals surface area contributed by atoms with Crippen molar-refractivity contribution in [3.05, 3.63) is 22.8 Å². The van der Waals surface area contributed by atoms with Gasteiger partial charge in [0.1, 0.15) is 5.82 Å². The Morgan fingerprint density at radius 3 is 2.59 bits per heavy atom. The van der Waals surface area contributed by atoms with Crippen LogP contribution in [0.1, 0.15) is 32.8 Å². The first-order chi connectivity index (χ1) is 8.12. The van der Waals surface area contributed by atoms with Crippen LogP contribution in [0.5, 0.6) is 0 Å². The minimum Gasteiger partial charge on any atom is -0.355 e. The SMILES string of the molecule is CCC(C)CN(CC)c1ncc(CCl)cc1Cl. The van der Waals surface area contributed by atoms with Crippen molar-refractivity contribution in [2.45, 2.75) is 33.1 Å². The summed E-state index contributed by atoms with van der Waals surface area (Å²) in [5.74, 6) is 1.95. The van der Waals surface area contributed by atoms with E-state index in [4.69, 9.17) is 23.2 Å². The highest BCUT2D eigenvalue weighted by molar-refractivity contribution is 6.33. The number of alkyl halides is 1. The van der Waals surface area contributed by atoms with Crippen molar-refractivity contribution in [2.24, 2.45) is 5.92 Å². The van der Waals surface area contributed by atoms with E-state index < -0.39 is 0 Å². The van der Waals surface area contributed by atoms with E-state index in [2.05, 4.69) is 30.7 Å². The van der Waals surface area contributed by atoms with Crippen LogP contribution in [0.25, 0.3) is 0 Å². The molecule has 0 spiro atoms. The van der Waals surface area contributed by atoms with E-state index in [1.54, 1.807) is 6.20 Å². The summed E-state index contributed by atoms with van der Waals surface area (Å²) in [6, 6.07) is 1.90. The Labute approximate surface area is 114 Å². The van der Waals surface area contributed by atoms with E-state index in [0.29, 0.717) is 16.8 Å². The molecule has 0 bridgehead atoms. The van der Waals surface area contributed by atoms with Gasteiger partial charge in [0, 0.05) is 25.2 Å². The number of anilines is 1. The molecule has 17 heavy (non-hydrogen) atoms. The maximum atomic E-state index is 6.25. The molecule has 96 valence electrons. The van der Waals surface area contributed by atoms with Gasteiger partial charge in [-0.3, -0.25) is 0 Å². The topological polar surface area (TPSA) is 16.1 Å². The first-order valence-corrected chi connectivity index (χ1v) is 6.98. The van der Waals surface area contributed by atoms with Crippen LogP contribution in [0.4, 0.5) is 5.82 Å². The molecule has 1 atom stereocenters. The predicted octanol–water partition coefficient (Wildman–Crippen LogP) is 4.35. The summed E-state index contributed by atoms with van der Waals surface area (Å²) in [6.07, 6.45) is 2.96. The fraction of sp³-hybridized carbons (Fsp3) is 0.615. The van der Waals surface area contributed by atoms with Gasteiger partial charge in [0.15, 0.2) is 0 Å². The lowest BCUT2D eigenvalue weighted by molar-refractivity contribution is 0.545. The first kappa shape index (κ1) is 14.6. The highest BCUT2D eigenvalue weighted by Crippen LogP contribution is 2.25. The van der Waals surface area contributed by atoms with Gasteiger partial charge in [-0.1, -0.05) is 31.9 Å². The molecule has 0 aromatic carbocycles. The quantitative estimate of drug-likeness (QED) is 0.718. The highest BCUT2D eigenvalue weighted by atomic mass is 35.5. The summed E-state index contributed by atoms with van der Waals surface area (Å²) < 4.78 is 0. The molecule has 0 fully saturated rings. The Kier molecular flexibility index (Phi) is 6.07. The molecular formula is C13H20Cl2N2. The molecule has 1 aromatic heterocycles. The summed E-state index contributed by atoms with van der Waals surface area (Å²) in [5, 5.41) is 0.688. The molecule has 0 saturated heterocycles. The van der Waals surface area contributed by atoms with Gasteiger partial charge in [0.25, 0.3) is 0 Å². The van der Waals surface area contributed by atoms with Crippen molar-refractivity contribution in [2.75, 3.05) is 18.0 Å². The third-order valence-corrected chi connectivity index (χ3v) is 3.53. The highest BCUT2D eigenvalue weighted by Gasteiger charge is 2.13. The molecule has 0 N–H and O–H groups in total. The smallest absolute Gasteiger partial charge is 0.147 e. The second kappa shape index (κ2) is 7.07. The average Bonchev–Trinajstić information content (AvgIpc) is 2.35. The molecule has 0 aliphatic rings. The molecule has 0 saturated carbocycles. The summed E-state index contributed by atoms with van der Waals surface area (Å²) in [4.78, 5) is 6.63. The zero-order valence-electron chi connectivity index (χ0n) is 10.7. The van der Waals surface area contributed by atoms with Gasteiger partial charge in [0.2, 0.25) is 0 Å². The Morgan fingerprint density at radius 2 is 2.12 bits per heavy atom. The summed E-state index contributed by atoms with van der Waals surface area (Å²) in [7, 11) is 0. The van der Waals surface area contributed by atoms with E-state index >= 15 is 0 Å². The van der Waals surface area contributed by atoms with Crippen molar-refractivity contribution in [1.29, 1.82) is 0 Å². The number of rotatable bonds is 6. The van der Waals surface area contributed by atoms with Gasteiger partial charge in [0.05, 0.1) is 5.02 Å². The molecule has 0 radical (unpaired) electrons. The standard InChI is InChI=1S/C13H20Cl2N2/c1-4-10(3)9-17(5-2)13-12(15)6-11(7-14)8-16-13/h6,8,10H,4-5,7,9H2,1-3H3. The number of aromatic nitrogens is 1. The second-order valence-corrected chi connectivity index (χ2v) is 5.01. The Morgan fingerprint density at radius 1 is 1.41 bits per heavy atom. The zero-order valence-corrected chi connectivity index (χ0v) is 12.2. The van der Waals surface area contributed by atoms with Crippen LogP contribution in [0, 0.1) is 5.92 Å². The summed E-state index contributed by atoms with van der Waals surface area (Å²) in [6.45, 7) is 8.46. The van der Waals surface area contributed by atoms with E-state index in [1.165, 1.54) is 0 Å². The first-order valence-electron chi connectivity index (χ1n) is 6.07. The van der Waals surface area contributed by atoms with Gasteiger partial charge >= 0.3 is 0 Å². The van der Waals surface area contributed by atoms with Crippen LogP contribution in [0.3, 0.4) is 0 Å². The van der Waals surface area contributed by atoms with Gasteiger partial charge in [-0.15, -0.1) is 11.6 Å². The van der Waals surface area contributed by atoms with Crippen LogP contribution in [-0.4, -0.2) is 18.1 Å². The maximum absolute atomic E-state index is 6.25. The largest absolute Gasteiger partial charge is 0.355 e. The molecule has 1 rings (SSSR count). The molecule has 1 aromatic rings. The minimum absolute atomic E-state index is 0.449. The van der Waals surface area contributed by atoms with Crippen molar-refractivity contribution < 1.29 is 0 Å². The maximum Gasteiger partial charge on any atom is 0.147 e. The van der Waals surface area contributed by atoms with E-state index in [9.17, 15) is 0 Å². The average molecular weight is 275 g/mol. The van der Waals surface area contributed by atoms with Gasteiger partial charge in [-0.25, -0.2) is 4.98 Å². The Balaban J connectivity index is 2.88. The van der Waals surface area contributed by atoms with Crippen LogP contribution >= 0.6 is 23.2 Å². The molecule has 1 unspecified atom stereocenters. The monoisotopic (exact) mass is 274 g/mol. The predicted molar refractivity (Wildman–Crippen MR) is 76.1 cm³/mol. The molecule has 1 heterocycles. The van der Waals surface area contributed by atoms with Crippen molar-refractivity contribution in [3.63, 3.8) is 0 Å². The molecule has 4 heteroatoms. The second-order valence-electron chi connectivity index (χ2n) is 4.33. The molecule has 2 nitrogen and oxygen atoms in total. The lowest BCUT2D eigenvalue weighted by Crippen LogP contribution is -2.29. The fourth-order valence-corrected chi connectivity index (χ4v) is 2.10. The summed E-state index contributed by atoms with van der Waals surface area (Å²) in [5.41, 5.74) is 0.958. The van der Waals surface area contributed by atoms with Gasteiger partial charge in [-0.2, -0.15) is 0 Å². The van der Waals surface area contributed by atoms with Crippen molar-refractivity contribution in [3.8, 4) is 0 Å². The number of hydrogen-bond acceptors (Lipinski definition) is 2. The van der Waals surface area contributed by atoms with Crippen LogP contribution < -0.4 is 4.90 Å². The van der Waals surface area contributed by atoms with Gasteiger partial charge in [-0.05, 0) is 24.5 Å².